The van der Waals surface area contributed by atoms with Gasteiger partial charge in [-0.05, 0) is 37.8 Å². The Balaban J connectivity index is 1.45. The highest BCUT2D eigenvalue weighted by atomic mass is 19.4. The minimum atomic E-state index is -4.37. The number of hydrogen-bond acceptors (Lipinski definition) is 4. The molecule has 0 aromatic carbocycles. The molecule has 0 radical (unpaired) electrons. The van der Waals surface area contributed by atoms with Crippen molar-refractivity contribution < 1.29 is 18.0 Å². The molecule has 2 fully saturated rings. The van der Waals surface area contributed by atoms with Gasteiger partial charge in [0.25, 0.3) is 0 Å². The third-order valence-corrected chi connectivity index (χ3v) is 5.93. The third kappa shape index (κ3) is 5.37. The molecule has 156 valence electrons. The van der Waals surface area contributed by atoms with E-state index in [4.69, 9.17) is 0 Å². The maximum atomic E-state index is 12.7. The molecule has 1 aliphatic carbocycles. The number of halogens is 3. The Kier molecular flexibility index (Phi) is 6.80. The van der Waals surface area contributed by atoms with Crippen molar-refractivity contribution in [1.82, 2.24) is 15.2 Å². The van der Waals surface area contributed by atoms with E-state index in [0.29, 0.717) is 37.9 Å². The first-order valence-electron chi connectivity index (χ1n) is 10.1. The zero-order chi connectivity index (χ0) is 20.1. The van der Waals surface area contributed by atoms with Gasteiger partial charge in [0.1, 0.15) is 5.82 Å². The van der Waals surface area contributed by atoms with Crippen LogP contribution >= 0.6 is 0 Å². The number of hydrogen-bond donors (Lipinski definition) is 1. The summed E-state index contributed by atoms with van der Waals surface area (Å²) in [4.78, 5) is 20.5. The Labute approximate surface area is 164 Å². The highest BCUT2D eigenvalue weighted by molar-refractivity contribution is 5.81. The number of pyridine rings is 1. The van der Waals surface area contributed by atoms with E-state index in [2.05, 4.69) is 15.2 Å². The Bertz CT molecular complexity index is 636. The van der Waals surface area contributed by atoms with Crippen molar-refractivity contribution in [3.63, 3.8) is 0 Å². The fraction of sp³-hybridized carbons (Fsp3) is 0.700. The Morgan fingerprint density at radius 2 is 1.86 bits per heavy atom. The quantitative estimate of drug-likeness (QED) is 0.827. The molecule has 1 aromatic rings. The lowest BCUT2D eigenvalue weighted by atomic mass is 9.89. The summed E-state index contributed by atoms with van der Waals surface area (Å²) in [6.45, 7) is 5.32. The second-order valence-corrected chi connectivity index (χ2v) is 7.85. The van der Waals surface area contributed by atoms with E-state index in [1.54, 1.807) is 0 Å². The van der Waals surface area contributed by atoms with Gasteiger partial charge < -0.3 is 10.2 Å². The maximum Gasteiger partial charge on any atom is 0.417 e. The molecule has 28 heavy (non-hydrogen) atoms. The largest absolute Gasteiger partial charge is 0.417 e. The van der Waals surface area contributed by atoms with E-state index in [1.165, 1.54) is 38.2 Å². The molecular formula is C20H29F3N4O. The Morgan fingerprint density at radius 3 is 2.43 bits per heavy atom. The lowest BCUT2D eigenvalue weighted by molar-refractivity contribution is -0.137. The summed E-state index contributed by atoms with van der Waals surface area (Å²) in [5.41, 5.74) is -0.738. The average molecular weight is 398 g/mol. The number of nitrogens with zero attached hydrogens (tertiary/aromatic N) is 3. The second kappa shape index (κ2) is 9.11. The van der Waals surface area contributed by atoms with Crippen molar-refractivity contribution in [1.29, 1.82) is 0 Å². The van der Waals surface area contributed by atoms with Crippen LogP contribution in [-0.2, 0) is 11.0 Å². The summed E-state index contributed by atoms with van der Waals surface area (Å²) in [5.74, 6) is 1.21. The standard InChI is InChI=1S/C20H29F3N4O/c1-15(19(28)25-13-16-5-3-2-4-6-16)26-9-11-27(12-10-26)18-8-7-17(14-24-18)20(21,22)23/h7-8,14-16H,2-6,9-13H2,1H3,(H,25,28). The van der Waals surface area contributed by atoms with Gasteiger partial charge in [-0.2, -0.15) is 13.2 Å². The first-order valence-corrected chi connectivity index (χ1v) is 10.1. The van der Waals surface area contributed by atoms with Gasteiger partial charge in [-0.25, -0.2) is 4.98 Å². The van der Waals surface area contributed by atoms with Gasteiger partial charge in [0.15, 0.2) is 0 Å². The van der Waals surface area contributed by atoms with Gasteiger partial charge in [-0.1, -0.05) is 19.3 Å². The van der Waals surface area contributed by atoms with Crippen LogP contribution in [0.4, 0.5) is 19.0 Å². The number of carbonyl (C=O) groups is 1. The van der Waals surface area contributed by atoms with E-state index in [9.17, 15) is 18.0 Å². The van der Waals surface area contributed by atoms with E-state index in [1.807, 2.05) is 11.8 Å². The van der Waals surface area contributed by atoms with Crippen LogP contribution in [0.1, 0.15) is 44.6 Å². The van der Waals surface area contributed by atoms with Crippen LogP contribution in [0.2, 0.25) is 0 Å². The number of nitrogens with one attached hydrogen (secondary N) is 1. The number of amides is 1. The molecule has 3 rings (SSSR count). The number of aromatic nitrogens is 1. The SMILES string of the molecule is CC(C(=O)NCC1CCCCC1)N1CCN(c2ccc(C(F)(F)F)cn2)CC1. The molecule has 1 N–H and O–H groups in total. The predicted octanol–water partition coefficient (Wildman–Crippen LogP) is 3.31. The first kappa shape index (κ1) is 20.9. The zero-order valence-electron chi connectivity index (χ0n) is 16.3. The van der Waals surface area contributed by atoms with E-state index in [0.717, 1.165) is 18.8 Å². The monoisotopic (exact) mass is 398 g/mol. The van der Waals surface area contributed by atoms with Gasteiger partial charge in [0, 0.05) is 38.9 Å². The molecule has 1 saturated heterocycles. The topological polar surface area (TPSA) is 48.5 Å². The molecule has 1 amide bonds. The van der Waals surface area contributed by atoms with E-state index >= 15 is 0 Å². The van der Waals surface area contributed by atoms with Gasteiger partial charge in [0.2, 0.25) is 5.91 Å². The van der Waals surface area contributed by atoms with Crippen LogP contribution in [0.15, 0.2) is 18.3 Å². The average Bonchev–Trinajstić information content (AvgIpc) is 2.72. The van der Waals surface area contributed by atoms with Crippen molar-refractivity contribution in [2.75, 3.05) is 37.6 Å². The van der Waals surface area contributed by atoms with E-state index < -0.39 is 11.7 Å². The molecular weight excluding hydrogens is 369 g/mol. The number of carbonyl (C=O) groups excluding carboxylic acids is 1. The molecule has 8 heteroatoms. The Hall–Kier alpha value is -1.83. The molecule has 1 aliphatic heterocycles. The molecule has 0 bridgehead atoms. The fourth-order valence-electron chi connectivity index (χ4n) is 4.03. The highest BCUT2D eigenvalue weighted by Crippen LogP contribution is 2.29. The minimum absolute atomic E-state index is 0.0617. The molecule has 2 heterocycles. The van der Waals surface area contributed by atoms with Crippen LogP contribution < -0.4 is 10.2 Å². The highest BCUT2D eigenvalue weighted by Gasteiger charge is 2.31. The van der Waals surface area contributed by atoms with Crippen LogP contribution in [-0.4, -0.2) is 54.6 Å². The summed E-state index contributed by atoms with van der Waals surface area (Å²) in [6, 6.07) is 2.28. The third-order valence-electron chi connectivity index (χ3n) is 5.93. The molecule has 1 aromatic heterocycles. The fourth-order valence-corrected chi connectivity index (χ4v) is 4.03. The lowest BCUT2D eigenvalue weighted by Gasteiger charge is -2.38. The van der Waals surface area contributed by atoms with Gasteiger partial charge in [-0.3, -0.25) is 9.69 Å². The van der Waals surface area contributed by atoms with Crippen LogP contribution in [0, 0.1) is 5.92 Å². The summed E-state index contributed by atoms with van der Waals surface area (Å²) in [5, 5.41) is 3.10. The van der Waals surface area contributed by atoms with Crippen molar-refractivity contribution >= 4 is 11.7 Å². The smallest absolute Gasteiger partial charge is 0.354 e. The van der Waals surface area contributed by atoms with Crippen LogP contribution in [0.5, 0.6) is 0 Å². The lowest BCUT2D eigenvalue weighted by Crippen LogP contribution is -2.54. The van der Waals surface area contributed by atoms with Crippen molar-refractivity contribution in [2.45, 2.75) is 51.2 Å². The van der Waals surface area contributed by atoms with E-state index in [-0.39, 0.29) is 11.9 Å². The number of piperazine rings is 1. The first-order chi connectivity index (χ1) is 13.3. The molecule has 1 unspecified atom stereocenters. The van der Waals surface area contributed by atoms with Crippen LogP contribution in [0.25, 0.3) is 0 Å². The predicted molar refractivity (Wildman–Crippen MR) is 102 cm³/mol. The summed E-state index contributed by atoms with van der Waals surface area (Å²) in [6.07, 6.45) is 2.74. The number of rotatable bonds is 5. The molecule has 5 nitrogen and oxygen atoms in total. The number of anilines is 1. The molecule has 0 spiro atoms. The van der Waals surface area contributed by atoms with Gasteiger partial charge in [0.05, 0.1) is 11.6 Å². The minimum Gasteiger partial charge on any atom is -0.354 e. The van der Waals surface area contributed by atoms with Crippen LogP contribution in [0.3, 0.4) is 0 Å². The van der Waals surface area contributed by atoms with Crippen molar-refractivity contribution in [3.8, 4) is 0 Å². The Morgan fingerprint density at radius 1 is 1.18 bits per heavy atom. The summed E-state index contributed by atoms with van der Waals surface area (Å²) in [7, 11) is 0. The summed E-state index contributed by atoms with van der Waals surface area (Å²) < 4.78 is 38.0. The molecule has 1 atom stereocenters. The van der Waals surface area contributed by atoms with Gasteiger partial charge >= 0.3 is 6.18 Å². The maximum absolute atomic E-state index is 12.7. The zero-order valence-corrected chi connectivity index (χ0v) is 16.3. The summed E-state index contributed by atoms with van der Waals surface area (Å²) >= 11 is 0. The number of alkyl halides is 3. The molecule has 2 aliphatic rings. The normalized spacial score (nSPS) is 20.8. The molecule has 1 saturated carbocycles. The van der Waals surface area contributed by atoms with Crippen molar-refractivity contribution in [2.24, 2.45) is 5.92 Å². The van der Waals surface area contributed by atoms with Crippen molar-refractivity contribution in [3.05, 3.63) is 23.9 Å². The van der Waals surface area contributed by atoms with Gasteiger partial charge in [-0.15, -0.1) is 0 Å². The second-order valence-electron chi connectivity index (χ2n) is 7.85.